The van der Waals surface area contributed by atoms with Crippen molar-refractivity contribution >= 4 is 11.9 Å². The van der Waals surface area contributed by atoms with Crippen LogP contribution in [0.5, 0.6) is 0 Å². The first-order chi connectivity index (χ1) is 7.15. The van der Waals surface area contributed by atoms with Crippen LogP contribution in [0.15, 0.2) is 18.3 Å². The van der Waals surface area contributed by atoms with Gasteiger partial charge in [0.05, 0.1) is 5.69 Å². The molecule has 0 spiro atoms. The fourth-order valence-corrected chi connectivity index (χ4v) is 1.78. The molecule has 2 rings (SSSR count). The van der Waals surface area contributed by atoms with Gasteiger partial charge in [-0.1, -0.05) is 19.9 Å². The third-order valence-corrected chi connectivity index (χ3v) is 2.57. The zero-order valence-electron chi connectivity index (χ0n) is 9.19. The first kappa shape index (κ1) is 9.90. The summed E-state index contributed by atoms with van der Waals surface area (Å²) < 4.78 is 1.86. The van der Waals surface area contributed by atoms with E-state index in [9.17, 15) is 4.79 Å². The molecule has 78 valence electrons. The van der Waals surface area contributed by atoms with E-state index in [1.807, 2.05) is 43.5 Å². The summed E-state index contributed by atoms with van der Waals surface area (Å²) >= 11 is 0. The van der Waals surface area contributed by atoms with Gasteiger partial charge in [0, 0.05) is 6.20 Å². The molecule has 0 unspecified atom stereocenters. The summed E-state index contributed by atoms with van der Waals surface area (Å²) in [5, 5.41) is 0. The van der Waals surface area contributed by atoms with Crippen LogP contribution >= 0.6 is 0 Å². The van der Waals surface area contributed by atoms with Crippen LogP contribution in [0.1, 0.15) is 41.5 Å². The van der Waals surface area contributed by atoms with E-state index in [2.05, 4.69) is 4.98 Å². The van der Waals surface area contributed by atoms with Gasteiger partial charge in [0.25, 0.3) is 0 Å². The quantitative estimate of drug-likeness (QED) is 0.701. The third kappa shape index (κ3) is 1.44. The van der Waals surface area contributed by atoms with Gasteiger partial charge in [-0.3, -0.25) is 9.20 Å². The molecular formula is C12H14N2O. The van der Waals surface area contributed by atoms with E-state index in [1.165, 1.54) is 0 Å². The Balaban J connectivity index is 2.84. The van der Waals surface area contributed by atoms with Crippen LogP contribution in [0.4, 0.5) is 0 Å². The Morgan fingerprint density at radius 2 is 2.20 bits per heavy atom. The number of nitrogens with zero attached hydrogens (tertiary/aromatic N) is 2. The van der Waals surface area contributed by atoms with E-state index in [4.69, 9.17) is 0 Å². The zero-order chi connectivity index (χ0) is 11.0. The average molecular weight is 202 g/mol. The van der Waals surface area contributed by atoms with Crippen molar-refractivity contribution in [3.63, 3.8) is 0 Å². The van der Waals surface area contributed by atoms with Crippen LogP contribution < -0.4 is 0 Å². The van der Waals surface area contributed by atoms with E-state index in [-0.39, 0.29) is 5.92 Å². The van der Waals surface area contributed by atoms with E-state index in [0.29, 0.717) is 5.69 Å². The maximum atomic E-state index is 11.1. The summed E-state index contributed by atoms with van der Waals surface area (Å²) in [5.74, 6) is 0.268. The van der Waals surface area contributed by atoms with Crippen molar-refractivity contribution in [1.82, 2.24) is 9.38 Å². The van der Waals surface area contributed by atoms with Gasteiger partial charge < -0.3 is 0 Å². The fourth-order valence-electron chi connectivity index (χ4n) is 1.78. The minimum absolute atomic E-state index is 0.268. The summed E-state index contributed by atoms with van der Waals surface area (Å²) in [6.45, 7) is 6.09. The molecule has 0 aliphatic rings. The van der Waals surface area contributed by atoms with Crippen LogP contribution in [0.2, 0.25) is 0 Å². The molecule has 2 heterocycles. The van der Waals surface area contributed by atoms with Crippen molar-refractivity contribution in [3.8, 4) is 0 Å². The lowest BCUT2D eigenvalue weighted by Gasteiger charge is -2.00. The lowest BCUT2D eigenvalue weighted by atomic mass is 10.1. The first-order valence-corrected chi connectivity index (χ1v) is 5.08. The number of aldehydes is 1. The highest BCUT2D eigenvalue weighted by molar-refractivity contribution is 5.77. The molecule has 0 bridgehead atoms. The van der Waals surface area contributed by atoms with Gasteiger partial charge in [-0.25, -0.2) is 4.98 Å². The lowest BCUT2D eigenvalue weighted by Crippen LogP contribution is -1.96. The highest BCUT2D eigenvalue weighted by Crippen LogP contribution is 2.20. The van der Waals surface area contributed by atoms with Gasteiger partial charge in [0.15, 0.2) is 6.29 Å². The Hall–Kier alpha value is -1.64. The number of rotatable bonds is 2. The molecule has 3 heteroatoms. The molecule has 0 aliphatic heterocycles. The van der Waals surface area contributed by atoms with Crippen molar-refractivity contribution in [2.45, 2.75) is 26.7 Å². The zero-order valence-corrected chi connectivity index (χ0v) is 9.19. The average Bonchev–Trinajstić information content (AvgIpc) is 2.57. The van der Waals surface area contributed by atoms with Crippen LogP contribution in [0, 0.1) is 6.92 Å². The second-order valence-corrected chi connectivity index (χ2v) is 4.04. The molecule has 0 N–H and O–H groups in total. The molecule has 0 amide bonds. The Bertz CT molecular complexity index is 512. The number of aryl methyl sites for hydroxylation is 1. The Kier molecular flexibility index (Phi) is 2.31. The molecule has 0 saturated heterocycles. The van der Waals surface area contributed by atoms with Crippen molar-refractivity contribution in [2.75, 3.05) is 0 Å². The van der Waals surface area contributed by atoms with Crippen LogP contribution in [-0.4, -0.2) is 15.7 Å². The predicted octanol–water partition coefficient (Wildman–Crippen LogP) is 2.58. The predicted molar refractivity (Wildman–Crippen MR) is 59.4 cm³/mol. The number of aromatic nitrogens is 2. The van der Waals surface area contributed by atoms with Gasteiger partial charge in [0.1, 0.15) is 11.3 Å². The van der Waals surface area contributed by atoms with E-state index < -0.39 is 0 Å². The van der Waals surface area contributed by atoms with E-state index >= 15 is 0 Å². The molecule has 2 aromatic rings. The van der Waals surface area contributed by atoms with Crippen LogP contribution in [-0.2, 0) is 0 Å². The van der Waals surface area contributed by atoms with Crippen LogP contribution in [0.3, 0.4) is 0 Å². The third-order valence-electron chi connectivity index (χ3n) is 2.57. The maximum absolute atomic E-state index is 11.1. The molecular weight excluding hydrogens is 188 g/mol. The molecule has 0 atom stereocenters. The number of carbonyl (C=O) groups is 1. The van der Waals surface area contributed by atoms with Gasteiger partial charge in [-0.05, 0) is 24.5 Å². The largest absolute Gasteiger partial charge is 0.297 e. The molecule has 0 aliphatic carbocycles. The summed E-state index contributed by atoms with van der Waals surface area (Å²) in [4.78, 5) is 15.6. The van der Waals surface area contributed by atoms with E-state index in [1.54, 1.807) is 0 Å². The van der Waals surface area contributed by atoms with Gasteiger partial charge in [-0.15, -0.1) is 0 Å². The molecule has 15 heavy (non-hydrogen) atoms. The SMILES string of the molecule is Cc1cccn2c(C=O)c(C(C)C)nc12. The van der Waals surface area contributed by atoms with Crippen molar-refractivity contribution < 1.29 is 4.79 Å². The van der Waals surface area contributed by atoms with Crippen molar-refractivity contribution in [3.05, 3.63) is 35.3 Å². The smallest absolute Gasteiger partial charge is 0.168 e. The summed E-state index contributed by atoms with van der Waals surface area (Å²) in [7, 11) is 0. The van der Waals surface area contributed by atoms with Gasteiger partial charge in [-0.2, -0.15) is 0 Å². The Morgan fingerprint density at radius 3 is 2.80 bits per heavy atom. The number of carbonyl (C=O) groups excluding carboxylic acids is 1. The number of hydrogen-bond donors (Lipinski definition) is 0. The molecule has 0 aromatic carbocycles. The Labute approximate surface area is 88.8 Å². The second-order valence-electron chi connectivity index (χ2n) is 4.04. The number of hydrogen-bond acceptors (Lipinski definition) is 2. The number of pyridine rings is 1. The maximum Gasteiger partial charge on any atom is 0.168 e. The minimum Gasteiger partial charge on any atom is -0.297 e. The molecule has 3 nitrogen and oxygen atoms in total. The summed E-state index contributed by atoms with van der Waals surface area (Å²) in [6, 6.07) is 3.93. The fraction of sp³-hybridized carbons (Fsp3) is 0.333. The highest BCUT2D eigenvalue weighted by Gasteiger charge is 2.14. The molecule has 0 radical (unpaired) electrons. The highest BCUT2D eigenvalue weighted by atomic mass is 16.1. The summed E-state index contributed by atoms with van der Waals surface area (Å²) in [5.41, 5.74) is 3.51. The minimum atomic E-state index is 0.268. The monoisotopic (exact) mass is 202 g/mol. The lowest BCUT2D eigenvalue weighted by molar-refractivity contribution is 0.111. The normalized spacial score (nSPS) is 11.2. The standard InChI is InChI=1S/C12H14N2O/c1-8(2)11-10(7-15)14-6-4-5-9(3)12(14)13-11/h4-8H,1-3H3. The number of fused-ring (bicyclic) bond motifs is 1. The summed E-state index contributed by atoms with van der Waals surface area (Å²) in [6.07, 6.45) is 2.76. The van der Waals surface area contributed by atoms with Crippen LogP contribution in [0.25, 0.3) is 5.65 Å². The topological polar surface area (TPSA) is 34.4 Å². The van der Waals surface area contributed by atoms with Crippen molar-refractivity contribution in [2.24, 2.45) is 0 Å². The van der Waals surface area contributed by atoms with Crippen molar-refractivity contribution in [1.29, 1.82) is 0 Å². The number of imidazole rings is 1. The van der Waals surface area contributed by atoms with Gasteiger partial charge in [0.2, 0.25) is 0 Å². The first-order valence-electron chi connectivity index (χ1n) is 5.08. The van der Waals surface area contributed by atoms with E-state index in [0.717, 1.165) is 23.2 Å². The Morgan fingerprint density at radius 1 is 1.47 bits per heavy atom. The van der Waals surface area contributed by atoms with Gasteiger partial charge >= 0.3 is 0 Å². The molecule has 0 fully saturated rings. The second kappa shape index (κ2) is 3.50. The molecule has 2 aromatic heterocycles. The molecule has 0 saturated carbocycles.